The third-order valence-corrected chi connectivity index (χ3v) is 3.82. The largest absolute Gasteiger partial charge is 0.395 e. The fraction of sp³-hybridized carbons (Fsp3) is 0.538. The van der Waals surface area contributed by atoms with Gasteiger partial charge in [0.2, 0.25) is 0 Å². The minimum absolute atomic E-state index is 0.264. The van der Waals surface area contributed by atoms with Crippen molar-refractivity contribution in [3.05, 3.63) is 24.0 Å². The number of rotatable bonds is 1. The Kier molecular flexibility index (Phi) is 2.67. The molecule has 1 heterocycles. The van der Waals surface area contributed by atoms with Gasteiger partial charge in [0, 0.05) is 6.54 Å². The van der Waals surface area contributed by atoms with Crippen LogP contribution in [-0.4, -0.2) is 25.3 Å². The molecule has 1 saturated carbocycles. The summed E-state index contributed by atoms with van der Waals surface area (Å²) in [6.07, 6.45) is 3.70. The number of anilines is 2. The molecule has 1 aromatic carbocycles. The SMILES string of the molecule is Nc1c(F)cccc1N1CCOC2CCCC21. The second-order valence-electron chi connectivity index (χ2n) is 4.77. The zero-order chi connectivity index (χ0) is 11.8. The van der Waals surface area contributed by atoms with Crippen molar-refractivity contribution in [3.63, 3.8) is 0 Å². The first-order valence-electron chi connectivity index (χ1n) is 6.19. The van der Waals surface area contributed by atoms with E-state index in [2.05, 4.69) is 4.90 Å². The normalized spacial score (nSPS) is 28.2. The summed E-state index contributed by atoms with van der Waals surface area (Å²) >= 11 is 0. The molecule has 0 amide bonds. The zero-order valence-electron chi connectivity index (χ0n) is 9.73. The van der Waals surface area contributed by atoms with Crippen LogP contribution in [0.5, 0.6) is 0 Å². The molecule has 1 saturated heterocycles. The van der Waals surface area contributed by atoms with Crippen molar-refractivity contribution in [2.24, 2.45) is 0 Å². The topological polar surface area (TPSA) is 38.5 Å². The Morgan fingerprint density at radius 3 is 3.12 bits per heavy atom. The van der Waals surface area contributed by atoms with E-state index in [1.807, 2.05) is 6.07 Å². The van der Waals surface area contributed by atoms with Gasteiger partial charge in [-0.2, -0.15) is 0 Å². The fourth-order valence-electron chi connectivity index (χ4n) is 3.00. The van der Waals surface area contributed by atoms with Crippen molar-refractivity contribution in [2.75, 3.05) is 23.8 Å². The van der Waals surface area contributed by atoms with Gasteiger partial charge in [0.25, 0.3) is 0 Å². The maximum atomic E-state index is 13.5. The third-order valence-electron chi connectivity index (χ3n) is 3.82. The average molecular weight is 236 g/mol. The molecule has 0 aromatic heterocycles. The zero-order valence-corrected chi connectivity index (χ0v) is 9.73. The fourth-order valence-corrected chi connectivity index (χ4v) is 3.00. The van der Waals surface area contributed by atoms with Gasteiger partial charge < -0.3 is 15.4 Å². The number of para-hydroxylation sites is 1. The molecule has 3 nitrogen and oxygen atoms in total. The van der Waals surface area contributed by atoms with Gasteiger partial charge >= 0.3 is 0 Å². The highest BCUT2D eigenvalue weighted by atomic mass is 19.1. The highest BCUT2D eigenvalue weighted by Gasteiger charge is 2.36. The summed E-state index contributed by atoms with van der Waals surface area (Å²) < 4.78 is 19.2. The Morgan fingerprint density at radius 2 is 2.24 bits per heavy atom. The van der Waals surface area contributed by atoms with Gasteiger partial charge in [-0.25, -0.2) is 4.39 Å². The highest BCUT2D eigenvalue weighted by Crippen LogP contribution is 2.36. The van der Waals surface area contributed by atoms with Crippen LogP contribution in [0.3, 0.4) is 0 Å². The standard InChI is InChI=1S/C13H17FN2O/c14-9-3-1-5-11(13(9)15)16-7-8-17-12-6-2-4-10(12)16/h1,3,5,10,12H,2,4,6-8,15H2. The van der Waals surface area contributed by atoms with Crippen molar-refractivity contribution in [1.29, 1.82) is 0 Å². The highest BCUT2D eigenvalue weighted by molar-refractivity contribution is 5.68. The van der Waals surface area contributed by atoms with Gasteiger partial charge in [-0.05, 0) is 31.4 Å². The number of nitrogen functional groups attached to an aromatic ring is 1. The van der Waals surface area contributed by atoms with Gasteiger partial charge in [-0.3, -0.25) is 0 Å². The molecule has 4 heteroatoms. The van der Waals surface area contributed by atoms with E-state index < -0.39 is 0 Å². The molecule has 2 unspecified atom stereocenters. The smallest absolute Gasteiger partial charge is 0.148 e. The van der Waals surface area contributed by atoms with Gasteiger partial charge in [0.05, 0.1) is 30.1 Å². The second-order valence-corrected chi connectivity index (χ2v) is 4.77. The van der Waals surface area contributed by atoms with Crippen LogP contribution in [-0.2, 0) is 4.74 Å². The van der Waals surface area contributed by atoms with Crippen LogP contribution < -0.4 is 10.6 Å². The number of fused-ring (bicyclic) bond motifs is 1. The first-order valence-corrected chi connectivity index (χ1v) is 6.19. The molecule has 1 aliphatic heterocycles. The Bertz CT molecular complexity index is 424. The van der Waals surface area contributed by atoms with Crippen LogP contribution in [0.4, 0.5) is 15.8 Å². The van der Waals surface area contributed by atoms with Gasteiger partial charge in [0.1, 0.15) is 5.82 Å². The Morgan fingerprint density at radius 1 is 1.35 bits per heavy atom. The van der Waals surface area contributed by atoms with Crippen LogP contribution in [0.15, 0.2) is 18.2 Å². The van der Waals surface area contributed by atoms with Gasteiger partial charge in [0.15, 0.2) is 0 Å². The summed E-state index contributed by atoms with van der Waals surface area (Å²) in [5, 5.41) is 0. The molecule has 2 N–H and O–H groups in total. The molecule has 0 bridgehead atoms. The summed E-state index contributed by atoms with van der Waals surface area (Å²) in [7, 11) is 0. The summed E-state index contributed by atoms with van der Waals surface area (Å²) in [4.78, 5) is 2.22. The van der Waals surface area contributed by atoms with E-state index in [1.165, 1.54) is 12.5 Å². The molecule has 0 radical (unpaired) electrons. The van der Waals surface area contributed by atoms with Crippen molar-refractivity contribution in [3.8, 4) is 0 Å². The molecular formula is C13H17FN2O. The molecule has 2 fully saturated rings. The van der Waals surface area contributed by atoms with Crippen LogP contribution in [0, 0.1) is 5.82 Å². The molecule has 17 heavy (non-hydrogen) atoms. The number of morpholine rings is 1. The van der Waals surface area contributed by atoms with Crippen molar-refractivity contribution < 1.29 is 9.13 Å². The van der Waals surface area contributed by atoms with Crippen LogP contribution >= 0.6 is 0 Å². The average Bonchev–Trinajstić information content (AvgIpc) is 2.81. The van der Waals surface area contributed by atoms with E-state index in [0.717, 1.165) is 25.1 Å². The maximum absolute atomic E-state index is 13.5. The Labute approximate surface area is 100 Å². The molecule has 1 aliphatic carbocycles. The molecule has 0 spiro atoms. The van der Waals surface area contributed by atoms with E-state index in [0.29, 0.717) is 18.8 Å². The van der Waals surface area contributed by atoms with Gasteiger partial charge in [-0.15, -0.1) is 0 Å². The summed E-state index contributed by atoms with van der Waals surface area (Å²) in [6, 6.07) is 5.40. The summed E-state index contributed by atoms with van der Waals surface area (Å²) in [6.45, 7) is 1.51. The quantitative estimate of drug-likeness (QED) is 0.759. The number of hydrogen-bond donors (Lipinski definition) is 1. The second kappa shape index (κ2) is 4.18. The number of hydrogen-bond acceptors (Lipinski definition) is 3. The summed E-state index contributed by atoms with van der Waals surface area (Å²) in [5.74, 6) is -0.330. The van der Waals surface area contributed by atoms with Crippen LogP contribution in [0.25, 0.3) is 0 Å². The Balaban J connectivity index is 1.94. The number of nitrogens with zero attached hydrogens (tertiary/aromatic N) is 1. The van der Waals surface area contributed by atoms with E-state index in [4.69, 9.17) is 10.5 Å². The van der Waals surface area contributed by atoms with Crippen molar-refractivity contribution in [1.82, 2.24) is 0 Å². The van der Waals surface area contributed by atoms with E-state index >= 15 is 0 Å². The maximum Gasteiger partial charge on any atom is 0.148 e. The monoisotopic (exact) mass is 236 g/mol. The lowest BCUT2D eigenvalue weighted by Crippen LogP contribution is -2.48. The van der Waals surface area contributed by atoms with Gasteiger partial charge in [-0.1, -0.05) is 6.07 Å². The first kappa shape index (κ1) is 10.8. The predicted octanol–water partition coefficient (Wildman–Crippen LogP) is 2.17. The molecule has 1 aromatic rings. The lowest BCUT2D eigenvalue weighted by molar-refractivity contribution is 0.0257. The van der Waals surface area contributed by atoms with Crippen molar-refractivity contribution >= 4 is 11.4 Å². The molecule has 3 rings (SSSR count). The van der Waals surface area contributed by atoms with E-state index in [-0.39, 0.29) is 11.5 Å². The van der Waals surface area contributed by atoms with E-state index in [9.17, 15) is 4.39 Å². The van der Waals surface area contributed by atoms with E-state index in [1.54, 1.807) is 6.07 Å². The number of halogens is 1. The predicted molar refractivity (Wildman–Crippen MR) is 65.5 cm³/mol. The van der Waals surface area contributed by atoms with Crippen LogP contribution in [0.2, 0.25) is 0 Å². The molecular weight excluding hydrogens is 219 g/mol. The minimum Gasteiger partial charge on any atom is -0.395 e. The van der Waals surface area contributed by atoms with Crippen LogP contribution in [0.1, 0.15) is 19.3 Å². The third kappa shape index (κ3) is 1.76. The molecule has 2 atom stereocenters. The number of nitrogens with two attached hydrogens (primary N) is 1. The first-order chi connectivity index (χ1) is 8.27. The lowest BCUT2D eigenvalue weighted by atomic mass is 10.1. The lowest BCUT2D eigenvalue weighted by Gasteiger charge is -2.39. The van der Waals surface area contributed by atoms with Crippen molar-refractivity contribution in [2.45, 2.75) is 31.4 Å². The summed E-state index contributed by atoms with van der Waals surface area (Å²) in [5.41, 5.74) is 6.93. The number of ether oxygens (including phenoxy) is 1. The molecule has 2 aliphatic rings. The minimum atomic E-state index is -0.330. The Hall–Kier alpha value is -1.29. The number of benzene rings is 1. The molecule has 92 valence electrons.